The summed E-state index contributed by atoms with van der Waals surface area (Å²) in [6, 6.07) is 9.18. The molecule has 0 aliphatic heterocycles. The van der Waals surface area contributed by atoms with E-state index in [1.807, 2.05) is 29.8 Å². The minimum atomic E-state index is 0.609. The standard InChI is InChI=1S/C17H24N2S/c1-2-11-19-16(9-10-17-6-4-13-20-17)8-7-15-5-3-12-18-14-15/h3-6,12-14,16,19H,2,7-11H2,1H3. The van der Waals surface area contributed by atoms with Gasteiger partial charge in [0.15, 0.2) is 0 Å². The van der Waals surface area contributed by atoms with Crippen molar-refractivity contribution in [2.75, 3.05) is 6.54 Å². The van der Waals surface area contributed by atoms with Crippen molar-refractivity contribution in [1.82, 2.24) is 10.3 Å². The third-order valence-corrected chi connectivity index (χ3v) is 4.44. The molecular weight excluding hydrogens is 264 g/mol. The Kier molecular flexibility index (Phi) is 6.75. The van der Waals surface area contributed by atoms with Crippen LogP contribution in [0.4, 0.5) is 0 Å². The summed E-state index contributed by atoms with van der Waals surface area (Å²) in [6.07, 6.45) is 9.73. The molecule has 1 N–H and O–H groups in total. The molecule has 2 rings (SSSR count). The maximum absolute atomic E-state index is 4.19. The molecule has 0 amide bonds. The Morgan fingerprint density at radius 1 is 1.20 bits per heavy atom. The van der Waals surface area contributed by atoms with E-state index >= 15 is 0 Å². The third kappa shape index (κ3) is 5.43. The summed E-state index contributed by atoms with van der Waals surface area (Å²) in [7, 11) is 0. The van der Waals surface area contributed by atoms with Crippen molar-refractivity contribution in [3.8, 4) is 0 Å². The van der Waals surface area contributed by atoms with Gasteiger partial charge in [-0.2, -0.15) is 0 Å². The first-order valence-corrected chi connectivity index (χ1v) is 8.41. The smallest absolute Gasteiger partial charge is 0.0299 e. The van der Waals surface area contributed by atoms with Gasteiger partial charge in [0.2, 0.25) is 0 Å². The van der Waals surface area contributed by atoms with Crippen LogP contribution in [-0.4, -0.2) is 17.6 Å². The van der Waals surface area contributed by atoms with Crippen LogP contribution < -0.4 is 5.32 Å². The first-order chi connectivity index (χ1) is 9.88. The fourth-order valence-corrected chi connectivity index (χ4v) is 3.08. The number of hydrogen-bond donors (Lipinski definition) is 1. The molecular formula is C17H24N2S. The molecule has 0 saturated carbocycles. The molecule has 2 heterocycles. The van der Waals surface area contributed by atoms with Crippen LogP contribution in [0.3, 0.4) is 0 Å². The highest BCUT2D eigenvalue weighted by molar-refractivity contribution is 7.09. The van der Waals surface area contributed by atoms with Crippen molar-refractivity contribution in [3.63, 3.8) is 0 Å². The van der Waals surface area contributed by atoms with E-state index < -0.39 is 0 Å². The summed E-state index contributed by atoms with van der Waals surface area (Å²) in [5, 5.41) is 5.85. The minimum Gasteiger partial charge on any atom is -0.314 e. The Labute approximate surface area is 126 Å². The fourth-order valence-electron chi connectivity index (χ4n) is 2.36. The van der Waals surface area contributed by atoms with E-state index in [1.165, 1.54) is 36.1 Å². The summed E-state index contributed by atoms with van der Waals surface area (Å²) in [5.74, 6) is 0. The molecule has 0 fully saturated rings. The molecule has 2 aromatic heterocycles. The van der Waals surface area contributed by atoms with E-state index in [4.69, 9.17) is 0 Å². The Morgan fingerprint density at radius 2 is 2.10 bits per heavy atom. The fraction of sp³-hybridized carbons (Fsp3) is 0.471. The second kappa shape index (κ2) is 8.88. The van der Waals surface area contributed by atoms with Crippen LogP contribution in [0.2, 0.25) is 0 Å². The van der Waals surface area contributed by atoms with Crippen LogP contribution in [0, 0.1) is 0 Å². The highest BCUT2D eigenvalue weighted by Crippen LogP contribution is 2.14. The Bertz CT molecular complexity index is 453. The molecule has 2 nitrogen and oxygen atoms in total. The molecule has 1 atom stereocenters. The molecule has 3 heteroatoms. The molecule has 0 saturated heterocycles. The number of nitrogens with one attached hydrogen (secondary N) is 1. The topological polar surface area (TPSA) is 24.9 Å². The molecule has 0 aliphatic carbocycles. The van der Waals surface area contributed by atoms with Crippen molar-refractivity contribution in [2.45, 2.75) is 45.1 Å². The second-order valence-corrected chi connectivity index (χ2v) is 6.20. The zero-order chi connectivity index (χ0) is 14.0. The maximum Gasteiger partial charge on any atom is 0.0299 e. The number of thiophene rings is 1. The summed E-state index contributed by atoms with van der Waals surface area (Å²) in [6.45, 7) is 3.34. The van der Waals surface area contributed by atoms with E-state index in [1.54, 1.807) is 0 Å². The zero-order valence-electron chi connectivity index (χ0n) is 12.2. The lowest BCUT2D eigenvalue weighted by atomic mass is 10.0. The van der Waals surface area contributed by atoms with Crippen LogP contribution in [0.1, 0.15) is 36.6 Å². The maximum atomic E-state index is 4.19. The predicted octanol–water partition coefficient (Wildman–Crippen LogP) is 4.08. The van der Waals surface area contributed by atoms with Gasteiger partial charge in [-0.05, 0) is 61.7 Å². The molecule has 0 aromatic carbocycles. The van der Waals surface area contributed by atoms with Gasteiger partial charge in [0.05, 0.1) is 0 Å². The molecule has 0 radical (unpaired) electrons. The molecule has 0 aliphatic rings. The average molecular weight is 288 g/mol. The van der Waals surface area contributed by atoms with Crippen LogP contribution >= 0.6 is 11.3 Å². The van der Waals surface area contributed by atoms with Gasteiger partial charge in [0.25, 0.3) is 0 Å². The van der Waals surface area contributed by atoms with Gasteiger partial charge in [-0.3, -0.25) is 4.98 Å². The molecule has 1 unspecified atom stereocenters. The zero-order valence-corrected chi connectivity index (χ0v) is 13.0. The largest absolute Gasteiger partial charge is 0.314 e. The average Bonchev–Trinajstić information content (AvgIpc) is 3.01. The van der Waals surface area contributed by atoms with E-state index in [-0.39, 0.29) is 0 Å². The van der Waals surface area contributed by atoms with E-state index in [0.29, 0.717) is 6.04 Å². The highest BCUT2D eigenvalue weighted by Gasteiger charge is 2.09. The number of aromatic nitrogens is 1. The van der Waals surface area contributed by atoms with Crippen molar-refractivity contribution >= 4 is 11.3 Å². The van der Waals surface area contributed by atoms with Crippen molar-refractivity contribution in [2.24, 2.45) is 0 Å². The first-order valence-electron chi connectivity index (χ1n) is 7.53. The summed E-state index contributed by atoms with van der Waals surface area (Å²) >= 11 is 1.87. The Morgan fingerprint density at radius 3 is 2.80 bits per heavy atom. The minimum absolute atomic E-state index is 0.609. The molecule has 0 spiro atoms. The third-order valence-electron chi connectivity index (χ3n) is 3.51. The number of pyridine rings is 1. The van der Waals surface area contributed by atoms with Crippen LogP contribution in [0.25, 0.3) is 0 Å². The quantitative estimate of drug-likeness (QED) is 0.752. The monoisotopic (exact) mass is 288 g/mol. The van der Waals surface area contributed by atoms with E-state index in [9.17, 15) is 0 Å². The molecule has 0 bridgehead atoms. The van der Waals surface area contributed by atoms with Gasteiger partial charge < -0.3 is 5.32 Å². The first kappa shape index (κ1) is 15.2. The van der Waals surface area contributed by atoms with E-state index in [2.05, 4.69) is 40.8 Å². The Balaban J connectivity index is 1.80. The molecule has 20 heavy (non-hydrogen) atoms. The normalized spacial score (nSPS) is 12.4. The summed E-state index contributed by atoms with van der Waals surface area (Å²) in [5.41, 5.74) is 1.34. The lowest BCUT2D eigenvalue weighted by Crippen LogP contribution is -2.30. The predicted molar refractivity (Wildman–Crippen MR) is 87.3 cm³/mol. The lowest BCUT2D eigenvalue weighted by molar-refractivity contribution is 0.454. The summed E-state index contributed by atoms with van der Waals surface area (Å²) in [4.78, 5) is 5.69. The van der Waals surface area contributed by atoms with Crippen LogP contribution in [-0.2, 0) is 12.8 Å². The Hall–Kier alpha value is -1.19. The van der Waals surface area contributed by atoms with Gasteiger partial charge in [0, 0.05) is 23.3 Å². The number of rotatable bonds is 9. The summed E-state index contributed by atoms with van der Waals surface area (Å²) < 4.78 is 0. The van der Waals surface area contributed by atoms with Crippen molar-refractivity contribution < 1.29 is 0 Å². The molecule has 2 aromatic rings. The molecule has 108 valence electrons. The van der Waals surface area contributed by atoms with E-state index in [0.717, 1.165) is 13.0 Å². The van der Waals surface area contributed by atoms with Gasteiger partial charge in [-0.15, -0.1) is 11.3 Å². The van der Waals surface area contributed by atoms with Gasteiger partial charge >= 0.3 is 0 Å². The highest BCUT2D eigenvalue weighted by atomic mass is 32.1. The van der Waals surface area contributed by atoms with Crippen LogP contribution in [0.5, 0.6) is 0 Å². The second-order valence-electron chi connectivity index (χ2n) is 5.17. The SMILES string of the molecule is CCCNC(CCc1cccnc1)CCc1cccs1. The number of aryl methyl sites for hydroxylation is 2. The van der Waals surface area contributed by atoms with Crippen LogP contribution in [0.15, 0.2) is 42.0 Å². The van der Waals surface area contributed by atoms with Gasteiger partial charge in [0.1, 0.15) is 0 Å². The number of nitrogens with zero attached hydrogens (tertiary/aromatic N) is 1. The van der Waals surface area contributed by atoms with Crippen molar-refractivity contribution in [3.05, 3.63) is 52.5 Å². The lowest BCUT2D eigenvalue weighted by Gasteiger charge is -2.18. The number of hydrogen-bond acceptors (Lipinski definition) is 3. The van der Waals surface area contributed by atoms with Gasteiger partial charge in [-0.25, -0.2) is 0 Å². The van der Waals surface area contributed by atoms with Gasteiger partial charge in [-0.1, -0.05) is 19.1 Å². The van der Waals surface area contributed by atoms with Crippen molar-refractivity contribution in [1.29, 1.82) is 0 Å².